The summed E-state index contributed by atoms with van der Waals surface area (Å²) in [6.45, 7) is 0.386. The molecule has 0 aliphatic rings. The summed E-state index contributed by atoms with van der Waals surface area (Å²) in [7, 11) is -4.04. The zero-order valence-electron chi connectivity index (χ0n) is 22.4. The summed E-state index contributed by atoms with van der Waals surface area (Å²) in [5.74, 6) is -0.633. The Balaban J connectivity index is 1.29. The fraction of sp³-hybridized carbons (Fsp3) is 0.0588. The van der Waals surface area contributed by atoms with Crippen molar-refractivity contribution in [3.05, 3.63) is 162 Å². The molecule has 0 spiro atoms. The Hall–Kier alpha value is -5.21. The normalized spacial score (nSPS) is 11.7. The van der Waals surface area contributed by atoms with Crippen LogP contribution in [0.4, 0.5) is 5.69 Å². The predicted molar refractivity (Wildman–Crippen MR) is 160 cm³/mol. The maximum Gasteiger partial charge on any atom is 0.339 e. The average Bonchev–Trinajstić information content (AvgIpc) is 3.04. The topological polar surface area (TPSA) is 98.8 Å². The Morgan fingerprint density at radius 3 is 1.93 bits per heavy atom. The molecule has 5 aromatic rings. The standard InChI is InChI=1S/C34H27NO6S/c36-32(26-13-6-2-7-14-26)33(27-15-8-3-9-16-27)41-34(37)28-17-10-18-31(23-28)42(38,39)35-29-19-21-30(22-20-29)40-24-25-11-4-1-5-12-25/h1-23,33,35H,24H2. The van der Waals surface area contributed by atoms with E-state index in [4.69, 9.17) is 9.47 Å². The van der Waals surface area contributed by atoms with Gasteiger partial charge in [0.2, 0.25) is 5.78 Å². The second-order valence-electron chi connectivity index (χ2n) is 9.36. The first-order valence-electron chi connectivity index (χ1n) is 13.1. The summed E-state index contributed by atoms with van der Waals surface area (Å²) in [5.41, 5.74) is 2.22. The molecule has 0 saturated heterocycles. The summed E-state index contributed by atoms with van der Waals surface area (Å²) in [6, 6.07) is 38.9. The van der Waals surface area contributed by atoms with Gasteiger partial charge in [0.1, 0.15) is 12.4 Å². The molecule has 1 N–H and O–H groups in total. The van der Waals surface area contributed by atoms with Crippen LogP contribution in [0.5, 0.6) is 5.75 Å². The van der Waals surface area contributed by atoms with Gasteiger partial charge in [0.15, 0.2) is 6.10 Å². The van der Waals surface area contributed by atoms with E-state index in [0.29, 0.717) is 29.2 Å². The van der Waals surface area contributed by atoms with Crippen LogP contribution < -0.4 is 9.46 Å². The zero-order chi connectivity index (χ0) is 29.4. The van der Waals surface area contributed by atoms with Gasteiger partial charge in [-0.2, -0.15) is 0 Å². The van der Waals surface area contributed by atoms with E-state index in [2.05, 4.69) is 4.72 Å². The monoisotopic (exact) mass is 577 g/mol. The number of nitrogens with one attached hydrogen (secondary N) is 1. The maximum absolute atomic E-state index is 13.3. The van der Waals surface area contributed by atoms with Gasteiger partial charge in [-0.15, -0.1) is 0 Å². The molecule has 1 atom stereocenters. The lowest BCUT2D eigenvalue weighted by Gasteiger charge is -2.18. The molecule has 1 unspecified atom stereocenters. The van der Waals surface area contributed by atoms with Crippen LogP contribution in [0.3, 0.4) is 0 Å². The van der Waals surface area contributed by atoms with Crippen molar-refractivity contribution in [1.82, 2.24) is 0 Å². The Morgan fingerprint density at radius 1 is 0.667 bits per heavy atom. The van der Waals surface area contributed by atoms with Gasteiger partial charge >= 0.3 is 5.97 Å². The van der Waals surface area contributed by atoms with Gasteiger partial charge in [-0.3, -0.25) is 9.52 Å². The first-order chi connectivity index (χ1) is 20.4. The minimum absolute atomic E-state index is 0.00988. The number of anilines is 1. The fourth-order valence-electron chi connectivity index (χ4n) is 4.19. The molecule has 5 aromatic carbocycles. The zero-order valence-corrected chi connectivity index (χ0v) is 23.2. The van der Waals surface area contributed by atoms with E-state index in [-0.39, 0.29) is 10.5 Å². The molecule has 0 aliphatic carbocycles. The predicted octanol–water partition coefficient (Wildman–Crippen LogP) is 6.85. The van der Waals surface area contributed by atoms with Crippen molar-refractivity contribution in [1.29, 1.82) is 0 Å². The Labute approximate surface area is 244 Å². The fourth-order valence-corrected chi connectivity index (χ4v) is 5.30. The third kappa shape index (κ3) is 7.10. The molecule has 0 heterocycles. The smallest absolute Gasteiger partial charge is 0.339 e. The SMILES string of the molecule is O=C(OC(C(=O)c1ccccc1)c1ccccc1)c1cccc(S(=O)(=O)Nc2ccc(OCc3ccccc3)cc2)c1. The summed E-state index contributed by atoms with van der Waals surface area (Å²) in [4.78, 5) is 26.4. The molecule has 0 saturated carbocycles. The minimum Gasteiger partial charge on any atom is -0.489 e. The van der Waals surface area contributed by atoms with Crippen LogP contribution in [0.1, 0.15) is 37.9 Å². The van der Waals surface area contributed by atoms with Crippen LogP contribution in [0.25, 0.3) is 0 Å². The summed E-state index contributed by atoms with van der Waals surface area (Å²) in [6.07, 6.45) is -1.21. The van der Waals surface area contributed by atoms with Crippen LogP contribution in [-0.2, 0) is 21.4 Å². The molecule has 5 rings (SSSR count). The van der Waals surface area contributed by atoms with Crippen LogP contribution in [-0.4, -0.2) is 20.2 Å². The third-order valence-electron chi connectivity index (χ3n) is 6.36. The van der Waals surface area contributed by atoms with E-state index in [1.165, 1.54) is 24.3 Å². The maximum atomic E-state index is 13.3. The number of rotatable bonds is 11. The molecule has 7 nitrogen and oxygen atoms in total. The van der Waals surface area contributed by atoms with Gasteiger partial charge in [0.05, 0.1) is 10.5 Å². The van der Waals surface area contributed by atoms with E-state index in [1.807, 2.05) is 30.3 Å². The van der Waals surface area contributed by atoms with E-state index in [1.54, 1.807) is 84.9 Å². The second kappa shape index (κ2) is 13.0. The van der Waals surface area contributed by atoms with Gasteiger partial charge in [0, 0.05) is 16.8 Å². The number of hydrogen-bond donors (Lipinski definition) is 1. The number of carbonyl (C=O) groups excluding carboxylic acids is 2. The molecular weight excluding hydrogens is 550 g/mol. The third-order valence-corrected chi connectivity index (χ3v) is 7.74. The molecule has 0 fully saturated rings. The number of benzene rings is 5. The number of ketones is 1. The van der Waals surface area contributed by atoms with Crippen molar-refractivity contribution in [3.8, 4) is 5.75 Å². The van der Waals surface area contributed by atoms with E-state index in [9.17, 15) is 18.0 Å². The van der Waals surface area contributed by atoms with Gasteiger partial charge in [-0.05, 0) is 48.0 Å². The number of carbonyl (C=O) groups is 2. The van der Waals surface area contributed by atoms with Crippen LogP contribution in [0.2, 0.25) is 0 Å². The van der Waals surface area contributed by atoms with Gasteiger partial charge in [-0.1, -0.05) is 97.1 Å². The highest BCUT2D eigenvalue weighted by atomic mass is 32.2. The van der Waals surface area contributed by atoms with E-state index >= 15 is 0 Å². The summed E-state index contributed by atoms with van der Waals surface area (Å²) in [5, 5.41) is 0. The van der Waals surface area contributed by atoms with Crippen molar-refractivity contribution in [2.75, 3.05) is 4.72 Å². The van der Waals surface area contributed by atoms with Crippen molar-refractivity contribution in [2.45, 2.75) is 17.6 Å². The number of sulfonamides is 1. The molecule has 0 bridgehead atoms. The largest absolute Gasteiger partial charge is 0.489 e. The van der Waals surface area contributed by atoms with Crippen molar-refractivity contribution in [3.63, 3.8) is 0 Å². The van der Waals surface area contributed by atoms with Crippen molar-refractivity contribution in [2.24, 2.45) is 0 Å². The quantitative estimate of drug-likeness (QED) is 0.136. The van der Waals surface area contributed by atoms with Crippen LogP contribution in [0.15, 0.2) is 144 Å². The molecular formula is C34H27NO6S. The summed E-state index contributed by atoms with van der Waals surface area (Å²) >= 11 is 0. The Bertz CT molecular complexity index is 1760. The number of Topliss-reactive ketones (excluding diaryl/α,β-unsaturated/α-hetero) is 1. The molecule has 210 valence electrons. The summed E-state index contributed by atoms with van der Waals surface area (Å²) < 4.78 is 40.3. The highest BCUT2D eigenvalue weighted by Crippen LogP contribution is 2.26. The second-order valence-corrected chi connectivity index (χ2v) is 11.0. The molecule has 0 aromatic heterocycles. The lowest BCUT2D eigenvalue weighted by atomic mass is 10.00. The van der Waals surface area contributed by atoms with Gasteiger partial charge < -0.3 is 9.47 Å². The molecule has 0 radical (unpaired) electrons. The van der Waals surface area contributed by atoms with Crippen molar-refractivity contribution < 1.29 is 27.5 Å². The van der Waals surface area contributed by atoms with E-state index in [0.717, 1.165) is 5.56 Å². The first-order valence-corrected chi connectivity index (χ1v) is 14.6. The Kier molecular flexibility index (Phi) is 8.75. The number of hydrogen-bond acceptors (Lipinski definition) is 6. The average molecular weight is 578 g/mol. The van der Waals surface area contributed by atoms with Gasteiger partial charge in [-0.25, -0.2) is 13.2 Å². The van der Waals surface area contributed by atoms with E-state index < -0.39 is 27.9 Å². The molecule has 42 heavy (non-hydrogen) atoms. The highest BCUT2D eigenvalue weighted by Gasteiger charge is 2.27. The lowest BCUT2D eigenvalue weighted by Crippen LogP contribution is -2.21. The lowest BCUT2D eigenvalue weighted by molar-refractivity contribution is 0.0280. The Morgan fingerprint density at radius 2 is 1.26 bits per heavy atom. The van der Waals surface area contributed by atoms with Crippen molar-refractivity contribution >= 4 is 27.5 Å². The highest BCUT2D eigenvalue weighted by molar-refractivity contribution is 7.92. The molecule has 8 heteroatoms. The van der Waals surface area contributed by atoms with Gasteiger partial charge in [0.25, 0.3) is 10.0 Å². The van der Waals surface area contributed by atoms with Crippen LogP contribution in [0, 0.1) is 0 Å². The molecule has 0 aliphatic heterocycles. The van der Waals surface area contributed by atoms with Crippen LogP contribution >= 0.6 is 0 Å². The minimum atomic E-state index is -4.04. The first kappa shape index (κ1) is 28.3. The number of esters is 1. The molecule has 0 amide bonds. The number of ether oxygens (including phenoxy) is 2.